The number of carbonyl (C=O) groups is 2. The van der Waals surface area contributed by atoms with Gasteiger partial charge in [0.25, 0.3) is 0 Å². The van der Waals surface area contributed by atoms with Gasteiger partial charge in [0, 0.05) is 24.7 Å². The molecule has 0 bridgehead atoms. The minimum Gasteiger partial charge on any atom is -0.497 e. The van der Waals surface area contributed by atoms with Gasteiger partial charge < -0.3 is 14.8 Å². The molecule has 1 aliphatic rings. The summed E-state index contributed by atoms with van der Waals surface area (Å²) in [5, 5.41) is 2.82. The molecule has 162 valence electrons. The number of anilines is 1. The van der Waals surface area contributed by atoms with E-state index in [2.05, 4.69) is 16.9 Å². The molecule has 1 aliphatic heterocycles. The van der Waals surface area contributed by atoms with Crippen LogP contribution in [-0.4, -0.2) is 47.4 Å². The second kappa shape index (κ2) is 10.7. The molecule has 1 unspecified atom stereocenters. The van der Waals surface area contributed by atoms with E-state index in [1.54, 1.807) is 48.4 Å². The normalized spacial score (nSPS) is 17.0. The third kappa shape index (κ3) is 5.88. The number of hydrogen-bond donors (Lipinski definition) is 1. The lowest BCUT2D eigenvalue weighted by Crippen LogP contribution is -2.33. The van der Waals surface area contributed by atoms with Crippen molar-refractivity contribution in [3.63, 3.8) is 0 Å². The summed E-state index contributed by atoms with van der Waals surface area (Å²) in [4.78, 5) is 31.6. The molecule has 0 aromatic heterocycles. The fourth-order valence-corrected chi connectivity index (χ4v) is 4.16. The molecule has 0 aliphatic carbocycles. The van der Waals surface area contributed by atoms with Gasteiger partial charge in [-0.05, 0) is 43.3 Å². The maximum atomic E-state index is 12.9. The van der Waals surface area contributed by atoms with Crippen LogP contribution < -0.4 is 14.8 Å². The second-order valence-corrected chi connectivity index (χ2v) is 7.82. The van der Waals surface area contributed by atoms with Crippen molar-refractivity contribution in [2.75, 3.05) is 25.6 Å². The molecule has 1 heterocycles. The highest BCUT2D eigenvalue weighted by Crippen LogP contribution is 2.32. The van der Waals surface area contributed by atoms with Gasteiger partial charge in [0.15, 0.2) is 5.17 Å². The van der Waals surface area contributed by atoms with Gasteiger partial charge in [0.2, 0.25) is 11.8 Å². The standard InChI is InChI=1S/C23H25N3O4S/c1-4-13-26-22(28)20(31-23(26)25-17-7-6-8-19(14-17)29-3)15-21(27)24-16-9-11-18(12-10-16)30-5-2/h4,6-12,14,20H,1,5,13,15H2,2-3H3,(H,24,27). The van der Waals surface area contributed by atoms with Crippen LogP contribution in [0.3, 0.4) is 0 Å². The van der Waals surface area contributed by atoms with Crippen molar-refractivity contribution in [2.24, 2.45) is 4.99 Å². The quantitative estimate of drug-likeness (QED) is 0.591. The van der Waals surface area contributed by atoms with E-state index < -0.39 is 5.25 Å². The third-order valence-electron chi connectivity index (χ3n) is 4.43. The van der Waals surface area contributed by atoms with E-state index in [1.807, 2.05) is 25.1 Å². The van der Waals surface area contributed by atoms with E-state index >= 15 is 0 Å². The van der Waals surface area contributed by atoms with E-state index in [4.69, 9.17) is 9.47 Å². The Morgan fingerprint density at radius 1 is 1.26 bits per heavy atom. The number of ether oxygens (including phenoxy) is 2. The number of amidine groups is 1. The number of hydrogen-bond acceptors (Lipinski definition) is 6. The van der Waals surface area contributed by atoms with Crippen molar-refractivity contribution >= 4 is 40.1 Å². The average Bonchev–Trinajstić information content (AvgIpc) is 3.04. The van der Waals surface area contributed by atoms with Crippen molar-refractivity contribution in [3.8, 4) is 11.5 Å². The Hall–Kier alpha value is -3.26. The van der Waals surface area contributed by atoms with Crippen LogP contribution in [0.2, 0.25) is 0 Å². The van der Waals surface area contributed by atoms with Crippen LogP contribution in [0.4, 0.5) is 11.4 Å². The fourth-order valence-electron chi connectivity index (χ4n) is 2.99. The number of amides is 2. The molecule has 31 heavy (non-hydrogen) atoms. The average molecular weight is 440 g/mol. The number of rotatable bonds is 9. The first kappa shape index (κ1) is 22.4. The van der Waals surface area contributed by atoms with Gasteiger partial charge in [-0.1, -0.05) is 23.9 Å². The van der Waals surface area contributed by atoms with Crippen LogP contribution in [0, 0.1) is 0 Å². The maximum Gasteiger partial charge on any atom is 0.242 e. The number of thioether (sulfide) groups is 1. The lowest BCUT2D eigenvalue weighted by atomic mass is 10.2. The molecule has 2 amide bonds. The Labute approximate surface area is 186 Å². The molecule has 2 aromatic carbocycles. The first-order chi connectivity index (χ1) is 15.0. The Kier molecular flexibility index (Phi) is 7.72. The third-order valence-corrected chi connectivity index (χ3v) is 5.60. The van der Waals surface area contributed by atoms with Gasteiger partial charge in [-0.25, -0.2) is 4.99 Å². The van der Waals surface area contributed by atoms with Gasteiger partial charge in [0.05, 0.1) is 19.4 Å². The molecule has 1 N–H and O–H groups in total. The monoisotopic (exact) mass is 439 g/mol. The molecule has 8 heteroatoms. The number of nitrogens with zero attached hydrogens (tertiary/aromatic N) is 2. The molecule has 1 fully saturated rings. The second-order valence-electron chi connectivity index (χ2n) is 6.65. The van der Waals surface area contributed by atoms with Gasteiger partial charge in [0.1, 0.15) is 16.7 Å². The van der Waals surface area contributed by atoms with Crippen molar-refractivity contribution in [2.45, 2.75) is 18.6 Å². The summed E-state index contributed by atoms with van der Waals surface area (Å²) >= 11 is 1.28. The van der Waals surface area contributed by atoms with Gasteiger partial charge >= 0.3 is 0 Å². The molecule has 1 saturated heterocycles. The highest BCUT2D eigenvalue weighted by atomic mass is 32.2. The Morgan fingerprint density at radius 3 is 2.71 bits per heavy atom. The molecule has 2 aromatic rings. The maximum absolute atomic E-state index is 12.9. The van der Waals surface area contributed by atoms with Gasteiger partial charge in [-0.2, -0.15) is 0 Å². The highest BCUT2D eigenvalue weighted by Gasteiger charge is 2.38. The summed E-state index contributed by atoms with van der Waals surface area (Å²) in [6, 6.07) is 14.4. The number of carbonyl (C=O) groups excluding carboxylic acids is 2. The smallest absolute Gasteiger partial charge is 0.242 e. The number of methoxy groups -OCH3 is 1. The van der Waals surface area contributed by atoms with Gasteiger partial charge in [-0.15, -0.1) is 6.58 Å². The number of aliphatic imine (C=N–C) groups is 1. The minimum absolute atomic E-state index is 0.0431. The number of benzene rings is 2. The van der Waals surface area contributed by atoms with Crippen LogP contribution in [0.25, 0.3) is 0 Å². The Bertz CT molecular complexity index is 975. The predicted molar refractivity (Wildman–Crippen MR) is 124 cm³/mol. The summed E-state index contributed by atoms with van der Waals surface area (Å²) in [5.74, 6) is 1.02. The van der Waals surface area contributed by atoms with Crippen molar-refractivity contribution in [1.82, 2.24) is 4.90 Å². The van der Waals surface area contributed by atoms with Crippen molar-refractivity contribution < 1.29 is 19.1 Å². The zero-order valence-electron chi connectivity index (χ0n) is 17.5. The van der Waals surface area contributed by atoms with Gasteiger partial charge in [-0.3, -0.25) is 14.5 Å². The zero-order valence-corrected chi connectivity index (χ0v) is 18.4. The summed E-state index contributed by atoms with van der Waals surface area (Å²) in [5.41, 5.74) is 1.32. The van der Waals surface area contributed by atoms with Crippen molar-refractivity contribution in [1.29, 1.82) is 0 Å². The first-order valence-corrected chi connectivity index (χ1v) is 10.8. The predicted octanol–water partition coefficient (Wildman–Crippen LogP) is 4.24. The summed E-state index contributed by atoms with van der Waals surface area (Å²) < 4.78 is 10.6. The Balaban J connectivity index is 1.69. The van der Waals surface area contributed by atoms with Crippen LogP contribution >= 0.6 is 11.8 Å². The number of nitrogens with one attached hydrogen (secondary N) is 1. The largest absolute Gasteiger partial charge is 0.497 e. The SMILES string of the molecule is C=CCN1C(=O)C(CC(=O)Nc2ccc(OCC)cc2)SC1=Nc1cccc(OC)c1. The minimum atomic E-state index is -0.549. The van der Waals surface area contributed by atoms with Crippen LogP contribution in [0.1, 0.15) is 13.3 Å². The van der Waals surface area contributed by atoms with Crippen molar-refractivity contribution in [3.05, 3.63) is 61.2 Å². The fraction of sp³-hybridized carbons (Fsp3) is 0.261. The lowest BCUT2D eigenvalue weighted by Gasteiger charge is -2.14. The van der Waals surface area contributed by atoms with Crippen LogP contribution in [0.15, 0.2) is 66.2 Å². The topological polar surface area (TPSA) is 80.2 Å². The molecule has 0 spiro atoms. The summed E-state index contributed by atoms with van der Waals surface area (Å²) in [6.45, 7) is 6.53. The lowest BCUT2D eigenvalue weighted by molar-refractivity contribution is -0.127. The molecular formula is C23H25N3O4S. The molecule has 7 nitrogen and oxygen atoms in total. The molecule has 1 atom stereocenters. The van der Waals surface area contributed by atoms with Crippen LogP contribution in [-0.2, 0) is 9.59 Å². The van der Waals surface area contributed by atoms with Crippen LogP contribution in [0.5, 0.6) is 11.5 Å². The van der Waals surface area contributed by atoms with E-state index in [0.29, 0.717) is 35.4 Å². The van der Waals surface area contributed by atoms with E-state index in [-0.39, 0.29) is 18.2 Å². The molecule has 0 saturated carbocycles. The zero-order chi connectivity index (χ0) is 22.2. The molecule has 3 rings (SSSR count). The van der Waals surface area contributed by atoms with E-state index in [9.17, 15) is 9.59 Å². The molecule has 0 radical (unpaired) electrons. The highest BCUT2D eigenvalue weighted by molar-refractivity contribution is 8.15. The Morgan fingerprint density at radius 2 is 2.03 bits per heavy atom. The summed E-state index contributed by atoms with van der Waals surface area (Å²) in [7, 11) is 1.59. The molecular weight excluding hydrogens is 414 g/mol. The van der Waals surface area contributed by atoms with E-state index in [1.165, 1.54) is 11.8 Å². The first-order valence-electron chi connectivity index (χ1n) is 9.88. The summed E-state index contributed by atoms with van der Waals surface area (Å²) in [6.07, 6.45) is 1.68. The van der Waals surface area contributed by atoms with E-state index in [0.717, 1.165) is 5.75 Å².